The highest BCUT2D eigenvalue weighted by molar-refractivity contribution is 5.79. The lowest BCUT2D eigenvalue weighted by molar-refractivity contribution is -0.146. The second-order valence-corrected chi connectivity index (χ2v) is 5.75. The van der Waals surface area contributed by atoms with E-state index in [2.05, 4.69) is 4.90 Å². The average molecular weight is 272 g/mol. The molecule has 0 radical (unpaired) electrons. The van der Waals surface area contributed by atoms with Crippen LogP contribution in [0.15, 0.2) is 0 Å². The third-order valence-electron chi connectivity index (χ3n) is 3.93. The summed E-state index contributed by atoms with van der Waals surface area (Å²) in [6, 6.07) is 0. The highest BCUT2D eigenvalue weighted by Crippen LogP contribution is 2.18. The van der Waals surface area contributed by atoms with Crippen molar-refractivity contribution in [3.63, 3.8) is 0 Å². The van der Waals surface area contributed by atoms with E-state index in [4.69, 9.17) is 15.2 Å². The van der Waals surface area contributed by atoms with Crippen molar-refractivity contribution in [1.82, 2.24) is 4.90 Å². The number of methoxy groups -OCH3 is 2. The van der Waals surface area contributed by atoms with Crippen LogP contribution < -0.4 is 5.73 Å². The number of piperidine rings is 1. The summed E-state index contributed by atoms with van der Waals surface area (Å²) in [6.45, 7) is 5.85. The van der Waals surface area contributed by atoms with Gasteiger partial charge in [-0.1, -0.05) is 0 Å². The van der Waals surface area contributed by atoms with Crippen LogP contribution in [0, 0.1) is 5.92 Å². The largest absolute Gasteiger partial charge is 0.468 e. The van der Waals surface area contributed by atoms with Crippen LogP contribution in [-0.4, -0.2) is 56.9 Å². The molecule has 2 N–H and O–H groups in total. The first-order chi connectivity index (χ1) is 8.99. The second kappa shape index (κ2) is 7.82. The first-order valence-electron chi connectivity index (χ1n) is 7.08. The first kappa shape index (κ1) is 16.4. The van der Waals surface area contributed by atoms with Crippen molar-refractivity contribution in [3.05, 3.63) is 0 Å². The van der Waals surface area contributed by atoms with Gasteiger partial charge in [0.05, 0.1) is 7.11 Å². The van der Waals surface area contributed by atoms with Gasteiger partial charge in [-0.3, -0.25) is 4.79 Å². The Bertz CT molecular complexity index is 274. The quantitative estimate of drug-likeness (QED) is 0.701. The highest BCUT2D eigenvalue weighted by atomic mass is 16.5. The molecule has 1 heterocycles. The molecule has 5 heteroatoms. The Kier molecular flexibility index (Phi) is 6.75. The highest BCUT2D eigenvalue weighted by Gasteiger charge is 2.29. The molecule has 0 spiro atoms. The molecule has 1 aliphatic rings. The number of nitrogens with zero attached hydrogens (tertiary/aromatic N) is 1. The van der Waals surface area contributed by atoms with Crippen molar-refractivity contribution in [3.8, 4) is 0 Å². The van der Waals surface area contributed by atoms with Crippen LogP contribution in [0.3, 0.4) is 0 Å². The minimum Gasteiger partial charge on any atom is -0.468 e. The Morgan fingerprint density at radius 3 is 2.53 bits per heavy atom. The maximum atomic E-state index is 11.5. The predicted molar refractivity (Wildman–Crippen MR) is 74.9 cm³/mol. The number of nitrogens with two attached hydrogens (primary N) is 1. The number of ether oxygens (including phenoxy) is 2. The number of likely N-dealkylation sites (tertiary alicyclic amines) is 1. The number of carbonyl (C=O) groups excluding carboxylic acids is 1. The topological polar surface area (TPSA) is 64.8 Å². The third-order valence-corrected chi connectivity index (χ3v) is 3.93. The van der Waals surface area contributed by atoms with Crippen LogP contribution in [0.5, 0.6) is 0 Å². The molecule has 1 rings (SSSR count). The SMILES string of the molecule is COCC1CCN(CCCC(C)(N)C(=O)OC)CC1. The maximum absolute atomic E-state index is 11.5. The molecular formula is C14H28N2O3. The van der Waals surface area contributed by atoms with Crippen LogP contribution in [0.2, 0.25) is 0 Å². The Labute approximate surface area is 116 Å². The van der Waals surface area contributed by atoms with Gasteiger partial charge in [0.1, 0.15) is 5.54 Å². The summed E-state index contributed by atoms with van der Waals surface area (Å²) >= 11 is 0. The Hall–Kier alpha value is -0.650. The normalized spacial score (nSPS) is 21.1. The minimum absolute atomic E-state index is 0.327. The summed E-state index contributed by atoms with van der Waals surface area (Å²) in [5.41, 5.74) is 5.08. The molecule has 0 bridgehead atoms. The maximum Gasteiger partial charge on any atom is 0.325 e. The summed E-state index contributed by atoms with van der Waals surface area (Å²) in [6.07, 6.45) is 3.99. The van der Waals surface area contributed by atoms with Crippen molar-refractivity contribution < 1.29 is 14.3 Å². The third kappa shape index (κ3) is 5.47. The minimum atomic E-state index is -0.858. The molecule has 1 unspecified atom stereocenters. The summed E-state index contributed by atoms with van der Waals surface area (Å²) < 4.78 is 9.90. The monoisotopic (exact) mass is 272 g/mol. The Balaban J connectivity index is 2.19. The number of hydrogen-bond donors (Lipinski definition) is 1. The van der Waals surface area contributed by atoms with Gasteiger partial charge in [-0.05, 0) is 58.2 Å². The zero-order valence-corrected chi connectivity index (χ0v) is 12.5. The van der Waals surface area contributed by atoms with Crippen LogP contribution >= 0.6 is 0 Å². The molecule has 5 nitrogen and oxygen atoms in total. The molecule has 112 valence electrons. The smallest absolute Gasteiger partial charge is 0.325 e. The van der Waals surface area contributed by atoms with E-state index in [1.807, 2.05) is 0 Å². The fraction of sp³-hybridized carbons (Fsp3) is 0.929. The van der Waals surface area contributed by atoms with Crippen molar-refractivity contribution in [2.45, 2.75) is 38.1 Å². The van der Waals surface area contributed by atoms with E-state index in [1.54, 1.807) is 14.0 Å². The lowest BCUT2D eigenvalue weighted by atomic mass is 9.95. The van der Waals surface area contributed by atoms with Gasteiger partial charge in [0.2, 0.25) is 0 Å². The number of hydrogen-bond acceptors (Lipinski definition) is 5. The summed E-state index contributed by atoms with van der Waals surface area (Å²) in [5.74, 6) is 0.377. The molecule has 1 fully saturated rings. The van der Waals surface area contributed by atoms with Gasteiger partial charge in [-0.25, -0.2) is 0 Å². The van der Waals surface area contributed by atoms with Crippen molar-refractivity contribution in [2.75, 3.05) is 40.5 Å². The van der Waals surface area contributed by atoms with E-state index in [0.29, 0.717) is 12.3 Å². The van der Waals surface area contributed by atoms with Gasteiger partial charge in [0, 0.05) is 13.7 Å². The lowest BCUT2D eigenvalue weighted by Gasteiger charge is -2.32. The van der Waals surface area contributed by atoms with Gasteiger partial charge < -0.3 is 20.1 Å². The molecule has 0 aromatic carbocycles. The van der Waals surface area contributed by atoms with E-state index in [1.165, 1.54) is 20.0 Å². The molecular weight excluding hydrogens is 244 g/mol. The summed E-state index contributed by atoms with van der Waals surface area (Å²) in [4.78, 5) is 13.9. The second-order valence-electron chi connectivity index (χ2n) is 5.75. The lowest BCUT2D eigenvalue weighted by Crippen LogP contribution is -2.46. The zero-order valence-electron chi connectivity index (χ0n) is 12.5. The summed E-state index contributed by atoms with van der Waals surface area (Å²) in [5, 5.41) is 0. The zero-order chi connectivity index (χ0) is 14.3. The van der Waals surface area contributed by atoms with Crippen LogP contribution in [0.25, 0.3) is 0 Å². The van der Waals surface area contributed by atoms with Crippen molar-refractivity contribution in [1.29, 1.82) is 0 Å². The fourth-order valence-corrected chi connectivity index (χ4v) is 2.62. The average Bonchev–Trinajstić information content (AvgIpc) is 2.40. The van der Waals surface area contributed by atoms with Gasteiger partial charge in [-0.2, -0.15) is 0 Å². The molecule has 1 aliphatic heterocycles. The van der Waals surface area contributed by atoms with E-state index in [0.717, 1.165) is 32.7 Å². The van der Waals surface area contributed by atoms with Gasteiger partial charge in [0.25, 0.3) is 0 Å². The van der Waals surface area contributed by atoms with Crippen LogP contribution in [0.4, 0.5) is 0 Å². The molecule has 1 saturated heterocycles. The van der Waals surface area contributed by atoms with Crippen molar-refractivity contribution >= 4 is 5.97 Å². The Morgan fingerprint density at radius 1 is 1.37 bits per heavy atom. The van der Waals surface area contributed by atoms with Gasteiger partial charge in [-0.15, -0.1) is 0 Å². The van der Waals surface area contributed by atoms with E-state index in [9.17, 15) is 4.79 Å². The van der Waals surface area contributed by atoms with E-state index >= 15 is 0 Å². The first-order valence-corrected chi connectivity index (χ1v) is 7.08. The Morgan fingerprint density at radius 2 is 2.00 bits per heavy atom. The molecule has 0 saturated carbocycles. The molecule has 19 heavy (non-hydrogen) atoms. The predicted octanol–water partition coefficient (Wildman–Crippen LogP) is 1.02. The standard InChI is InChI=1S/C14H28N2O3/c1-14(15,13(17)19-3)7-4-8-16-9-5-12(6-10-16)11-18-2/h12H,4-11,15H2,1-3H3. The van der Waals surface area contributed by atoms with Gasteiger partial charge >= 0.3 is 5.97 Å². The number of esters is 1. The molecule has 0 aromatic rings. The van der Waals surface area contributed by atoms with Crippen molar-refractivity contribution in [2.24, 2.45) is 11.7 Å². The van der Waals surface area contributed by atoms with Gasteiger partial charge in [0.15, 0.2) is 0 Å². The van der Waals surface area contributed by atoms with Crippen LogP contribution in [0.1, 0.15) is 32.6 Å². The summed E-state index contributed by atoms with van der Waals surface area (Å²) in [7, 11) is 3.15. The molecule has 0 aromatic heterocycles. The fourth-order valence-electron chi connectivity index (χ4n) is 2.62. The van der Waals surface area contributed by atoms with E-state index in [-0.39, 0.29) is 5.97 Å². The molecule has 0 amide bonds. The molecule has 0 aliphatic carbocycles. The van der Waals surface area contributed by atoms with Crippen LogP contribution in [-0.2, 0) is 14.3 Å². The number of rotatable bonds is 7. The van der Waals surface area contributed by atoms with E-state index < -0.39 is 5.54 Å². The molecule has 1 atom stereocenters. The number of carbonyl (C=O) groups is 1.